The van der Waals surface area contributed by atoms with Crippen LogP contribution in [-0.2, 0) is 6.54 Å². The fraction of sp³-hybridized carbons (Fsp3) is 0.333. The third kappa shape index (κ3) is 4.47. The van der Waals surface area contributed by atoms with Crippen LogP contribution in [0, 0.1) is 17.2 Å². The van der Waals surface area contributed by atoms with Crippen molar-refractivity contribution in [1.29, 1.82) is 5.26 Å². The normalized spacial score (nSPS) is 20.8. The Morgan fingerprint density at radius 1 is 1.18 bits per heavy atom. The molecule has 2 aliphatic rings. The largest absolute Gasteiger partial charge is 0.495 e. The molecule has 1 N–H and O–H groups in total. The molecule has 196 valence electrons. The van der Waals surface area contributed by atoms with Gasteiger partial charge in [-0.05, 0) is 61.6 Å². The number of benzene rings is 2. The Balaban J connectivity index is 1.34. The van der Waals surface area contributed by atoms with Gasteiger partial charge in [0.05, 0.1) is 43.1 Å². The molecule has 1 atom stereocenters. The summed E-state index contributed by atoms with van der Waals surface area (Å²) in [6, 6.07) is 13.2. The van der Waals surface area contributed by atoms with E-state index in [1.165, 1.54) is 36.2 Å². The number of hydrogen-bond acceptors (Lipinski definition) is 5. The van der Waals surface area contributed by atoms with E-state index in [4.69, 9.17) is 4.74 Å². The minimum absolute atomic E-state index is 0.0776. The van der Waals surface area contributed by atoms with E-state index in [9.17, 15) is 28.0 Å². The van der Waals surface area contributed by atoms with Gasteiger partial charge in [0.2, 0.25) is 0 Å². The van der Waals surface area contributed by atoms with Crippen LogP contribution in [0.1, 0.15) is 57.7 Å². The summed E-state index contributed by atoms with van der Waals surface area (Å²) in [5.74, 6) is -1.94. The summed E-state index contributed by atoms with van der Waals surface area (Å²) >= 11 is 0. The number of halogens is 3. The zero-order valence-electron chi connectivity index (χ0n) is 20.6. The fourth-order valence-electron chi connectivity index (χ4n) is 5.05. The van der Waals surface area contributed by atoms with Crippen LogP contribution in [0.15, 0.2) is 48.7 Å². The Labute approximate surface area is 216 Å². The first-order chi connectivity index (χ1) is 18.1. The molecule has 1 aliphatic heterocycles. The molecule has 2 heterocycles. The van der Waals surface area contributed by atoms with Crippen LogP contribution in [0.2, 0.25) is 0 Å². The maximum atomic E-state index is 13.6. The molecule has 11 heteroatoms. The number of fused-ring (bicyclic) bond motifs is 1. The molecule has 5 rings (SSSR count). The number of aromatic nitrogens is 2. The zero-order chi connectivity index (χ0) is 27.2. The number of carbonyl (C=O) groups is 2. The molecule has 1 fully saturated rings. The van der Waals surface area contributed by atoms with Crippen molar-refractivity contribution in [2.75, 3.05) is 17.3 Å². The first-order valence-electron chi connectivity index (χ1n) is 12.1. The van der Waals surface area contributed by atoms with Gasteiger partial charge in [-0.25, -0.2) is 0 Å². The number of nitrogens with one attached hydrogen (secondary N) is 1. The van der Waals surface area contributed by atoms with Crippen molar-refractivity contribution in [2.45, 2.75) is 44.4 Å². The highest BCUT2D eigenvalue weighted by Crippen LogP contribution is 2.49. The molecule has 0 bridgehead atoms. The van der Waals surface area contributed by atoms with Crippen LogP contribution >= 0.6 is 0 Å². The summed E-state index contributed by atoms with van der Waals surface area (Å²) in [7, 11) is 1.43. The Bertz CT molecular complexity index is 1440. The Hall–Kier alpha value is -4.33. The quantitative estimate of drug-likeness (QED) is 0.500. The van der Waals surface area contributed by atoms with E-state index in [1.807, 2.05) is 13.0 Å². The molecule has 38 heavy (non-hydrogen) atoms. The molecular formula is C27H24F3N5O3. The highest BCUT2D eigenvalue weighted by Gasteiger charge is 2.48. The molecule has 0 saturated heterocycles. The maximum absolute atomic E-state index is 13.6. The van der Waals surface area contributed by atoms with Gasteiger partial charge in [-0.3, -0.25) is 14.3 Å². The van der Waals surface area contributed by atoms with Crippen LogP contribution in [0.5, 0.6) is 5.75 Å². The molecule has 1 saturated carbocycles. The molecular weight excluding hydrogens is 499 g/mol. The molecule has 1 aromatic heterocycles. The van der Waals surface area contributed by atoms with Gasteiger partial charge in [-0.2, -0.15) is 23.5 Å². The third-order valence-electron chi connectivity index (χ3n) is 7.21. The van der Waals surface area contributed by atoms with Crippen LogP contribution in [0.4, 0.5) is 24.5 Å². The highest BCUT2D eigenvalue weighted by atomic mass is 19.4. The number of hydrogen-bond donors (Lipinski definition) is 1. The van der Waals surface area contributed by atoms with Gasteiger partial charge in [0.15, 0.2) is 0 Å². The monoisotopic (exact) mass is 523 g/mol. The predicted molar refractivity (Wildman–Crippen MR) is 132 cm³/mol. The van der Waals surface area contributed by atoms with E-state index in [0.29, 0.717) is 18.0 Å². The third-order valence-corrected chi connectivity index (χ3v) is 7.21. The van der Waals surface area contributed by atoms with Crippen LogP contribution in [0.3, 0.4) is 0 Å². The van der Waals surface area contributed by atoms with Crippen molar-refractivity contribution < 1.29 is 27.5 Å². The molecule has 2 amide bonds. The van der Waals surface area contributed by atoms with Crippen LogP contribution in [0.25, 0.3) is 0 Å². The smallest absolute Gasteiger partial charge is 0.391 e. The van der Waals surface area contributed by atoms with E-state index in [-0.39, 0.29) is 53.2 Å². The molecule has 1 aliphatic carbocycles. The second-order valence-electron chi connectivity index (χ2n) is 9.59. The number of methoxy groups -OCH3 is 1. The minimum atomic E-state index is -4.16. The SMILES string of the molecule is COc1ccc(C(=O)Nc2cnn3c2C(=O)N(c2ccc(C4CC(C(F)(F)F)C4)cc2)C(C)C3)cc1C#N. The van der Waals surface area contributed by atoms with Crippen molar-refractivity contribution in [1.82, 2.24) is 9.78 Å². The van der Waals surface area contributed by atoms with Crippen molar-refractivity contribution in [2.24, 2.45) is 5.92 Å². The topological polar surface area (TPSA) is 100 Å². The van der Waals surface area contributed by atoms with Crippen molar-refractivity contribution in [3.05, 3.63) is 71.0 Å². The summed E-state index contributed by atoms with van der Waals surface area (Å²) in [4.78, 5) is 28.1. The van der Waals surface area contributed by atoms with E-state index >= 15 is 0 Å². The molecule has 3 aromatic rings. The summed E-state index contributed by atoms with van der Waals surface area (Å²) in [6.45, 7) is 2.25. The molecule has 8 nitrogen and oxygen atoms in total. The number of anilines is 2. The van der Waals surface area contributed by atoms with E-state index < -0.39 is 18.0 Å². The maximum Gasteiger partial charge on any atom is 0.391 e. The first-order valence-corrected chi connectivity index (χ1v) is 12.1. The number of alkyl halides is 3. The number of carbonyl (C=O) groups excluding carboxylic acids is 2. The van der Waals surface area contributed by atoms with Gasteiger partial charge >= 0.3 is 6.18 Å². The lowest BCUT2D eigenvalue weighted by atomic mass is 9.71. The summed E-state index contributed by atoms with van der Waals surface area (Å²) in [5.41, 5.74) is 2.29. The standard InChI is InChI=1S/C27H24F3N5O3/c1-15-14-34-24(22(13-32-34)33-25(36)17-5-8-23(38-2)19(9-17)12-31)26(37)35(15)21-6-3-16(4-7-21)18-10-20(11-18)27(28,29)30/h3-9,13,15,18,20H,10-11,14H2,1-2H3,(H,33,36). The molecule has 0 radical (unpaired) electrons. The van der Waals surface area contributed by atoms with Crippen molar-refractivity contribution in [3.8, 4) is 11.8 Å². The van der Waals surface area contributed by atoms with Crippen LogP contribution in [-0.4, -0.2) is 40.9 Å². The molecule has 2 aromatic carbocycles. The fourth-order valence-corrected chi connectivity index (χ4v) is 5.05. The van der Waals surface area contributed by atoms with Gasteiger partial charge < -0.3 is 15.0 Å². The first kappa shape index (κ1) is 25.3. The lowest BCUT2D eigenvalue weighted by Crippen LogP contribution is -2.47. The van der Waals surface area contributed by atoms with Crippen molar-refractivity contribution >= 4 is 23.2 Å². The highest BCUT2D eigenvalue weighted by molar-refractivity contribution is 6.13. The number of ether oxygens (including phenoxy) is 1. The predicted octanol–water partition coefficient (Wildman–Crippen LogP) is 5.12. The van der Waals surface area contributed by atoms with Gasteiger partial charge in [0, 0.05) is 11.3 Å². The summed E-state index contributed by atoms with van der Waals surface area (Å²) in [5, 5.41) is 16.3. The van der Waals surface area contributed by atoms with Gasteiger partial charge in [0.25, 0.3) is 11.8 Å². The average Bonchev–Trinajstić information content (AvgIpc) is 3.24. The molecule has 0 spiro atoms. The average molecular weight is 524 g/mol. The summed E-state index contributed by atoms with van der Waals surface area (Å²) in [6.07, 6.45) is -2.59. The minimum Gasteiger partial charge on any atom is -0.495 e. The van der Waals surface area contributed by atoms with Crippen molar-refractivity contribution in [3.63, 3.8) is 0 Å². The van der Waals surface area contributed by atoms with Gasteiger partial charge in [0.1, 0.15) is 17.5 Å². The van der Waals surface area contributed by atoms with E-state index in [0.717, 1.165) is 5.56 Å². The second kappa shape index (κ2) is 9.52. The van der Waals surface area contributed by atoms with E-state index in [2.05, 4.69) is 10.4 Å². The van der Waals surface area contributed by atoms with E-state index in [1.54, 1.807) is 29.2 Å². The molecule has 1 unspecified atom stereocenters. The Kier molecular flexibility index (Phi) is 6.34. The van der Waals surface area contributed by atoms with Gasteiger partial charge in [-0.15, -0.1) is 0 Å². The number of nitriles is 1. The van der Waals surface area contributed by atoms with Crippen LogP contribution < -0.4 is 15.0 Å². The number of rotatable bonds is 5. The lowest BCUT2D eigenvalue weighted by Gasteiger charge is -2.37. The number of nitrogens with zero attached hydrogens (tertiary/aromatic N) is 4. The number of amides is 2. The lowest BCUT2D eigenvalue weighted by molar-refractivity contribution is -0.197. The Morgan fingerprint density at radius 3 is 2.53 bits per heavy atom. The second-order valence-corrected chi connectivity index (χ2v) is 9.59. The zero-order valence-corrected chi connectivity index (χ0v) is 20.6. The summed E-state index contributed by atoms with van der Waals surface area (Å²) < 4.78 is 45.2. The Morgan fingerprint density at radius 2 is 1.89 bits per heavy atom. The van der Waals surface area contributed by atoms with Gasteiger partial charge in [-0.1, -0.05) is 12.1 Å².